The predicted octanol–water partition coefficient (Wildman–Crippen LogP) is 0.341. The maximum absolute atomic E-state index is 11.7. The number of amides is 1. The molecule has 10 heteroatoms. The van der Waals surface area contributed by atoms with Crippen LogP contribution in [0.15, 0.2) is 9.85 Å². The smallest absolute Gasteiger partial charge is 0.332 e. The van der Waals surface area contributed by atoms with Crippen molar-refractivity contribution in [3.05, 3.63) is 5.51 Å². The number of rotatable bonds is 4. The quantitative estimate of drug-likeness (QED) is 0.794. The molecule has 0 bridgehead atoms. The normalized spacial score (nSPS) is 33.1. The Morgan fingerprint density at radius 1 is 1.74 bits per heavy atom. The second kappa shape index (κ2) is 4.62. The van der Waals surface area contributed by atoms with Gasteiger partial charge in [-0.2, -0.15) is 0 Å². The summed E-state index contributed by atoms with van der Waals surface area (Å²) >= 11 is 3.65. The third kappa shape index (κ3) is 1.93. The van der Waals surface area contributed by atoms with Gasteiger partial charge in [-0.3, -0.25) is 4.79 Å². The molecule has 2 fully saturated rings. The summed E-state index contributed by atoms with van der Waals surface area (Å²) in [6.07, 6.45) is -0.541. The zero-order valence-electron chi connectivity index (χ0n) is 9.68. The van der Waals surface area contributed by atoms with E-state index in [-0.39, 0.29) is 17.8 Å². The monoisotopic (exact) mass is 319 g/mol. The van der Waals surface area contributed by atoms with Crippen molar-refractivity contribution >= 4 is 46.7 Å². The van der Waals surface area contributed by atoms with Gasteiger partial charge < -0.3 is 14.7 Å². The molecule has 2 aliphatic rings. The fourth-order valence-corrected chi connectivity index (χ4v) is 5.96. The number of nitrogens with zero attached hydrogens (tertiary/aromatic N) is 3. The van der Waals surface area contributed by atoms with E-state index in [1.165, 1.54) is 30.2 Å². The summed E-state index contributed by atoms with van der Waals surface area (Å²) in [5.41, 5.74) is 1.55. The molecule has 1 N–H and O–H groups in total. The van der Waals surface area contributed by atoms with Crippen molar-refractivity contribution in [1.29, 1.82) is 0 Å². The van der Waals surface area contributed by atoms with Gasteiger partial charge in [-0.05, 0) is 0 Å². The zero-order chi connectivity index (χ0) is 13.6. The Morgan fingerprint density at radius 2 is 2.53 bits per heavy atom. The van der Waals surface area contributed by atoms with Crippen molar-refractivity contribution < 1.29 is 19.4 Å². The number of fused-ring (bicyclic) bond motifs is 1. The van der Waals surface area contributed by atoms with Gasteiger partial charge in [0, 0.05) is 7.11 Å². The van der Waals surface area contributed by atoms with Crippen LogP contribution < -0.4 is 0 Å². The molecule has 0 spiro atoms. The molecule has 102 valence electrons. The molecule has 2 aliphatic heterocycles. The highest BCUT2D eigenvalue weighted by atomic mass is 32.2. The highest BCUT2D eigenvalue weighted by molar-refractivity contribution is 8.20. The zero-order valence-corrected chi connectivity index (χ0v) is 12.1. The number of hydrogen-bond acceptors (Lipinski definition) is 8. The lowest BCUT2D eigenvalue weighted by Crippen LogP contribution is -2.61. The summed E-state index contributed by atoms with van der Waals surface area (Å²) in [6, 6.07) is 0. The van der Waals surface area contributed by atoms with Crippen LogP contribution in [-0.4, -0.2) is 61.3 Å². The lowest BCUT2D eigenvalue weighted by Gasteiger charge is -2.39. The Kier molecular flexibility index (Phi) is 3.20. The van der Waals surface area contributed by atoms with Gasteiger partial charge in [0.25, 0.3) is 5.91 Å². The van der Waals surface area contributed by atoms with Gasteiger partial charge in [0.1, 0.15) is 10.9 Å². The first-order valence-corrected chi connectivity index (χ1v) is 7.84. The summed E-state index contributed by atoms with van der Waals surface area (Å²) in [6.45, 7) is 0.153. The number of carbonyl (C=O) groups excluding carboxylic acids is 1. The minimum absolute atomic E-state index is 0.152. The first-order chi connectivity index (χ1) is 9.07. The van der Waals surface area contributed by atoms with Crippen molar-refractivity contribution in [3.63, 3.8) is 0 Å². The molecule has 2 saturated heterocycles. The van der Waals surface area contributed by atoms with E-state index >= 15 is 0 Å². The van der Waals surface area contributed by atoms with E-state index in [1.54, 1.807) is 10.4 Å². The Hall–Kier alpha value is -0.840. The third-order valence-electron chi connectivity index (χ3n) is 2.95. The van der Waals surface area contributed by atoms with E-state index in [4.69, 9.17) is 4.74 Å². The van der Waals surface area contributed by atoms with Crippen molar-refractivity contribution in [3.8, 4) is 0 Å². The molecule has 1 aromatic rings. The van der Waals surface area contributed by atoms with Gasteiger partial charge in [0.2, 0.25) is 0 Å². The van der Waals surface area contributed by atoms with Gasteiger partial charge in [0.05, 0.1) is 6.54 Å². The van der Waals surface area contributed by atoms with Crippen LogP contribution in [0.3, 0.4) is 0 Å². The summed E-state index contributed by atoms with van der Waals surface area (Å²) in [5, 5.41) is 16.8. The minimum atomic E-state index is -1.13. The number of carboxylic acid groups (broad SMARTS) is 1. The van der Waals surface area contributed by atoms with Crippen LogP contribution in [0.2, 0.25) is 0 Å². The second-order valence-corrected chi connectivity index (χ2v) is 8.05. The fraction of sp³-hybridized carbons (Fsp3) is 0.556. The Labute approximate surface area is 120 Å². The Balaban J connectivity index is 1.84. The van der Waals surface area contributed by atoms with Crippen LogP contribution in [0.25, 0.3) is 0 Å². The average molecular weight is 319 g/mol. The second-order valence-electron chi connectivity index (χ2n) is 4.00. The maximum Gasteiger partial charge on any atom is 0.332 e. The van der Waals surface area contributed by atoms with Crippen molar-refractivity contribution in [1.82, 2.24) is 15.1 Å². The molecule has 2 unspecified atom stereocenters. The number of ether oxygens (including phenoxy) is 1. The number of thioether (sulfide) groups is 2. The van der Waals surface area contributed by atoms with Crippen LogP contribution in [-0.2, 0) is 14.3 Å². The van der Waals surface area contributed by atoms with E-state index < -0.39 is 16.2 Å². The van der Waals surface area contributed by atoms with E-state index in [0.717, 1.165) is 11.8 Å². The standard InChI is InChI=1S/C9H9N3O4S3/c1-16-4-5(13)12-2-9(7(14)15,18-6(4)12)19-8-11-10-3-17-8/h3-4,6H,2H2,1H3,(H,14,15)/t4?,6-,9?/m1/s1. The van der Waals surface area contributed by atoms with Gasteiger partial charge in [0.15, 0.2) is 14.5 Å². The summed E-state index contributed by atoms with van der Waals surface area (Å²) < 4.78 is 4.53. The molecule has 1 amide bonds. The number of carbonyl (C=O) groups is 2. The van der Waals surface area contributed by atoms with Crippen molar-refractivity contribution in [2.24, 2.45) is 0 Å². The fourth-order valence-electron chi connectivity index (χ4n) is 2.03. The molecular weight excluding hydrogens is 310 g/mol. The van der Waals surface area contributed by atoms with Gasteiger partial charge in [-0.1, -0.05) is 23.1 Å². The lowest BCUT2D eigenvalue weighted by atomic mass is 10.1. The SMILES string of the molecule is COC1C(=O)N2CC(Sc3nncs3)(C(=O)O)S[C@H]12. The number of methoxy groups -OCH3 is 1. The summed E-state index contributed by atoms with van der Waals surface area (Å²) in [4.78, 5) is 24.9. The number of β-lactam (4-membered cyclic amide) rings is 1. The van der Waals surface area contributed by atoms with Crippen LogP contribution in [0.1, 0.15) is 0 Å². The summed E-state index contributed by atoms with van der Waals surface area (Å²) in [7, 11) is 1.46. The molecule has 1 aromatic heterocycles. The Morgan fingerprint density at radius 3 is 3.11 bits per heavy atom. The molecule has 19 heavy (non-hydrogen) atoms. The molecule has 0 aromatic carbocycles. The molecule has 3 atom stereocenters. The number of aliphatic carboxylic acids is 1. The topological polar surface area (TPSA) is 92.6 Å². The van der Waals surface area contributed by atoms with Crippen LogP contribution in [0.5, 0.6) is 0 Å². The van der Waals surface area contributed by atoms with Crippen LogP contribution in [0, 0.1) is 0 Å². The number of hydrogen-bond donors (Lipinski definition) is 1. The first kappa shape index (κ1) is 13.2. The first-order valence-electron chi connectivity index (χ1n) is 5.27. The van der Waals surface area contributed by atoms with E-state index in [9.17, 15) is 14.7 Å². The van der Waals surface area contributed by atoms with E-state index in [1.807, 2.05) is 0 Å². The lowest BCUT2D eigenvalue weighted by molar-refractivity contribution is -0.161. The van der Waals surface area contributed by atoms with Crippen LogP contribution in [0.4, 0.5) is 0 Å². The predicted molar refractivity (Wildman–Crippen MR) is 70.0 cm³/mol. The largest absolute Gasteiger partial charge is 0.480 e. The third-order valence-corrected chi connectivity index (χ3v) is 6.83. The van der Waals surface area contributed by atoms with Crippen molar-refractivity contribution in [2.45, 2.75) is 19.9 Å². The highest BCUT2D eigenvalue weighted by Gasteiger charge is 2.63. The maximum atomic E-state index is 11.7. The van der Waals surface area contributed by atoms with Crippen LogP contribution >= 0.6 is 34.9 Å². The number of carboxylic acids is 1. The van der Waals surface area contributed by atoms with Gasteiger partial charge in [-0.25, -0.2) is 4.79 Å². The van der Waals surface area contributed by atoms with Gasteiger partial charge in [-0.15, -0.1) is 22.0 Å². The van der Waals surface area contributed by atoms with E-state index in [2.05, 4.69) is 10.2 Å². The van der Waals surface area contributed by atoms with E-state index in [0.29, 0.717) is 4.34 Å². The molecule has 0 radical (unpaired) electrons. The van der Waals surface area contributed by atoms with Gasteiger partial charge >= 0.3 is 5.97 Å². The molecule has 3 rings (SSSR count). The average Bonchev–Trinajstić information content (AvgIpc) is 2.98. The molecular formula is C9H9N3O4S3. The number of aromatic nitrogens is 2. The molecule has 3 heterocycles. The summed E-state index contributed by atoms with van der Waals surface area (Å²) in [5.74, 6) is -1.12. The Bertz CT molecular complexity index is 525. The molecule has 0 saturated carbocycles. The van der Waals surface area contributed by atoms with Crippen molar-refractivity contribution in [2.75, 3.05) is 13.7 Å². The minimum Gasteiger partial charge on any atom is -0.480 e. The molecule has 7 nitrogen and oxygen atoms in total. The molecule has 0 aliphatic carbocycles. The highest BCUT2D eigenvalue weighted by Crippen LogP contribution is 2.55.